The molecule has 0 bridgehead atoms. The van der Waals surface area contributed by atoms with Crippen LogP contribution in [0.2, 0.25) is 0 Å². The van der Waals surface area contributed by atoms with Crippen LogP contribution in [-0.2, 0) is 24.2 Å². The molecule has 2 aromatic rings. The minimum atomic E-state index is -0.117. The third-order valence-corrected chi connectivity index (χ3v) is 4.35. The Morgan fingerprint density at radius 1 is 1.04 bits per heavy atom. The van der Waals surface area contributed by atoms with Gasteiger partial charge in [-0.2, -0.15) is 0 Å². The van der Waals surface area contributed by atoms with Crippen LogP contribution in [0.15, 0.2) is 36.4 Å². The van der Waals surface area contributed by atoms with Gasteiger partial charge in [-0.1, -0.05) is 32.0 Å². The maximum atomic E-state index is 12.8. The van der Waals surface area contributed by atoms with Crippen molar-refractivity contribution >= 4 is 11.6 Å². The van der Waals surface area contributed by atoms with E-state index in [2.05, 4.69) is 31.3 Å². The third kappa shape index (κ3) is 4.85. The summed E-state index contributed by atoms with van der Waals surface area (Å²) in [6.07, 6.45) is 1.86. The highest BCUT2D eigenvalue weighted by Crippen LogP contribution is 2.25. The van der Waals surface area contributed by atoms with E-state index >= 15 is 0 Å². The fraction of sp³-hybridized carbons (Fsp3) is 0.409. The minimum Gasteiger partial charge on any atom is -0.496 e. The summed E-state index contributed by atoms with van der Waals surface area (Å²) in [5, 5.41) is 3.11. The molecular weight excluding hydrogens is 326 g/mol. The number of ether oxygens (including phenoxy) is 2. The Balaban J connectivity index is 2.29. The molecule has 140 valence electrons. The Morgan fingerprint density at radius 2 is 1.69 bits per heavy atom. The zero-order valence-corrected chi connectivity index (χ0v) is 16.4. The second-order valence-electron chi connectivity index (χ2n) is 6.50. The van der Waals surface area contributed by atoms with Gasteiger partial charge in [0.1, 0.15) is 5.75 Å². The zero-order chi connectivity index (χ0) is 19.1. The van der Waals surface area contributed by atoms with Crippen LogP contribution in [0.25, 0.3) is 0 Å². The number of amides is 1. The van der Waals surface area contributed by atoms with E-state index in [-0.39, 0.29) is 12.0 Å². The second-order valence-corrected chi connectivity index (χ2v) is 6.50. The van der Waals surface area contributed by atoms with Crippen LogP contribution in [0.1, 0.15) is 54.7 Å². The molecule has 26 heavy (non-hydrogen) atoms. The van der Waals surface area contributed by atoms with Crippen LogP contribution in [-0.4, -0.2) is 19.1 Å². The SMILES string of the molecule is CCc1cccc(CC)c1NC(=O)c1ccc(OC)c(COC(C)C)c1. The van der Waals surface area contributed by atoms with Crippen LogP contribution in [0.4, 0.5) is 5.69 Å². The maximum absolute atomic E-state index is 12.8. The van der Waals surface area contributed by atoms with Gasteiger partial charge >= 0.3 is 0 Å². The van der Waals surface area contributed by atoms with Gasteiger partial charge in [-0.25, -0.2) is 0 Å². The number of hydrogen-bond donors (Lipinski definition) is 1. The lowest BCUT2D eigenvalue weighted by molar-refractivity contribution is 0.0644. The number of carbonyl (C=O) groups excluding carboxylic acids is 1. The highest BCUT2D eigenvalue weighted by molar-refractivity contribution is 6.05. The molecule has 0 aliphatic rings. The number of carbonyl (C=O) groups is 1. The summed E-state index contributed by atoms with van der Waals surface area (Å²) < 4.78 is 11.1. The summed E-state index contributed by atoms with van der Waals surface area (Å²) in [4.78, 5) is 12.8. The van der Waals surface area contributed by atoms with Crippen molar-refractivity contribution in [1.82, 2.24) is 0 Å². The highest BCUT2D eigenvalue weighted by Gasteiger charge is 2.14. The molecule has 0 aliphatic carbocycles. The van der Waals surface area contributed by atoms with Gasteiger partial charge in [-0.3, -0.25) is 4.79 Å². The summed E-state index contributed by atoms with van der Waals surface area (Å²) in [5.74, 6) is 0.611. The fourth-order valence-electron chi connectivity index (χ4n) is 2.88. The number of aryl methyl sites for hydroxylation is 2. The molecule has 0 heterocycles. The monoisotopic (exact) mass is 355 g/mol. The van der Waals surface area contributed by atoms with Gasteiger partial charge in [-0.05, 0) is 56.0 Å². The van der Waals surface area contributed by atoms with Crippen molar-refractivity contribution < 1.29 is 14.3 Å². The molecule has 0 unspecified atom stereocenters. The Labute approximate surface area is 156 Å². The van der Waals surface area contributed by atoms with E-state index in [1.807, 2.05) is 32.0 Å². The number of para-hydroxylation sites is 1. The first-order valence-corrected chi connectivity index (χ1v) is 9.20. The van der Waals surface area contributed by atoms with Gasteiger partial charge < -0.3 is 14.8 Å². The summed E-state index contributed by atoms with van der Waals surface area (Å²) in [6, 6.07) is 11.6. The van der Waals surface area contributed by atoms with Crippen LogP contribution < -0.4 is 10.1 Å². The molecular formula is C22H29NO3. The quantitative estimate of drug-likeness (QED) is 0.725. The lowest BCUT2D eigenvalue weighted by Crippen LogP contribution is -2.15. The Kier molecular flexibility index (Phi) is 7.22. The van der Waals surface area contributed by atoms with E-state index in [1.165, 1.54) is 0 Å². The molecule has 0 saturated carbocycles. The number of methoxy groups -OCH3 is 1. The zero-order valence-electron chi connectivity index (χ0n) is 16.4. The molecule has 4 nitrogen and oxygen atoms in total. The molecule has 2 aromatic carbocycles. The van der Waals surface area contributed by atoms with Gasteiger partial charge in [-0.15, -0.1) is 0 Å². The van der Waals surface area contributed by atoms with Crippen LogP contribution in [0, 0.1) is 0 Å². The first kappa shape index (κ1) is 20.0. The maximum Gasteiger partial charge on any atom is 0.255 e. The average Bonchev–Trinajstić information content (AvgIpc) is 2.66. The van der Waals surface area contributed by atoms with Gasteiger partial charge in [0, 0.05) is 16.8 Å². The van der Waals surface area contributed by atoms with E-state index in [0.29, 0.717) is 12.2 Å². The van der Waals surface area contributed by atoms with Gasteiger partial charge in [0.2, 0.25) is 0 Å². The van der Waals surface area contributed by atoms with Crippen molar-refractivity contribution in [2.75, 3.05) is 12.4 Å². The molecule has 4 heteroatoms. The molecule has 2 rings (SSSR count). The van der Waals surface area contributed by atoms with E-state index in [0.717, 1.165) is 41.0 Å². The summed E-state index contributed by atoms with van der Waals surface area (Å²) in [7, 11) is 1.62. The lowest BCUT2D eigenvalue weighted by atomic mass is 10.0. The largest absolute Gasteiger partial charge is 0.496 e. The summed E-state index contributed by atoms with van der Waals surface area (Å²) >= 11 is 0. The molecule has 1 N–H and O–H groups in total. The molecule has 0 fully saturated rings. The molecule has 0 spiro atoms. The van der Waals surface area contributed by atoms with Crippen LogP contribution in [0.5, 0.6) is 5.75 Å². The number of nitrogens with one attached hydrogen (secondary N) is 1. The van der Waals surface area contributed by atoms with Gasteiger partial charge in [0.15, 0.2) is 0 Å². The topological polar surface area (TPSA) is 47.6 Å². The van der Waals surface area contributed by atoms with E-state index in [4.69, 9.17) is 9.47 Å². The van der Waals surface area contributed by atoms with Crippen molar-refractivity contribution in [3.63, 3.8) is 0 Å². The minimum absolute atomic E-state index is 0.112. The van der Waals surface area contributed by atoms with Crippen molar-refractivity contribution in [1.29, 1.82) is 0 Å². The van der Waals surface area contributed by atoms with E-state index < -0.39 is 0 Å². The Hall–Kier alpha value is -2.33. The molecule has 1 amide bonds. The molecule has 0 atom stereocenters. The van der Waals surface area contributed by atoms with Crippen molar-refractivity contribution in [3.05, 3.63) is 58.7 Å². The second kappa shape index (κ2) is 9.39. The van der Waals surface area contributed by atoms with Crippen molar-refractivity contribution in [3.8, 4) is 5.75 Å². The van der Waals surface area contributed by atoms with Crippen molar-refractivity contribution in [2.45, 2.75) is 53.2 Å². The number of benzene rings is 2. The van der Waals surface area contributed by atoms with Gasteiger partial charge in [0.25, 0.3) is 5.91 Å². The van der Waals surface area contributed by atoms with Crippen molar-refractivity contribution in [2.24, 2.45) is 0 Å². The molecule has 0 radical (unpaired) electrons. The standard InChI is InChI=1S/C22H29NO3/c1-6-16-9-8-10-17(7-2)21(16)23-22(24)18-11-12-20(25-5)19(13-18)14-26-15(3)4/h8-13,15H,6-7,14H2,1-5H3,(H,23,24). The smallest absolute Gasteiger partial charge is 0.255 e. The normalized spacial score (nSPS) is 10.8. The van der Waals surface area contributed by atoms with E-state index in [1.54, 1.807) is 13.2 Å². The molecule has 0 aromatic heterocycles. The number of anilines is 1. The van der Waals surface area contributed by atoms with Crippen LogP contribution >= 0.6 is 0 Å². The van der Waals surface area contributed by atoms with E-state index in [9.17, 15) is 4.79 Å². The average molecular weight is 355 g/mol. The van der Waals surface area contributed by atoms with Crippen LogP contribution in [0.3, 0.4) is 0 Å². The number of hydrogen-bond acceptors (Lipinski definition) is 3. The highest BCUT2D eigenvalue weighted by atomic mass is 16.5. The van der Waals surface area contributed by atoms with Gasteiger partial charge in [0.05, 0.1) is 19.8 Å². The Bertz CT molecular complexity index is 731. The first-order chi connectivity index (χ1) is 12.5. The third-order valence-electron chi connectivity index (χ3n) is 4.35. The molecule has 0 saturated heterocycles. The predicted octanol–water partition coefficient (Wildman–Crippen LogP) is 5.00. The first-order valence-electron chi connectivity index (χ1n) is 9.20. The molecule has 0 aliphatic heterocycles. The predicted molar refractivity (Wildman–Crippen MR) is 106 cm³/mol. The lowest BCUT2D eigenvalue weighted by Gasteiger charge is -2.16. The fourth-order valence-corrected chi connectivity index (χ4v) is 2.88. The summed E-state index contributed by atoms with van der Waals surface area (Å²) in [5.41, 5.74) is 4.69. The number of rotatable bonds is 8. The Morgan fingerprint density at radius 3 is 2.23 bits per heavy atom. The summed E-state index contributed by atoms with van der Waals surface area (Å²) in [6.45, 7) is 8.57.